The third-order valence-electron chi connectivity index (χ3n) is 1.98. The molecule has 0 spiro atoms. The summed E-state index contributed by atoms with van der Waals surface area (Å²) >= 11 is 0. The van der Waals surface area contributed by atoms with Gasteiger partial charge in [0.15, 0.2) is 0 Å². The Morgan fingerprint density at radius 2 is 2.00 bits per heavy atom. The van der Waals surface area contributed by atoms with Gasteiger partial charge in [0.1, 0.15) is 0 Å². The van der Waals surface area contributed by atoms with Crippen molar-refractivity contribution in [1.29, 1.82) is 0 Å². The summed E-state index contributed by atoms with van der Waals surface area (Å²) in [5, 5.41) is 0. The van der Waals surface area contributed by atoms with Crippen molar-refractivity contribution in [2.24, 2.45) is 0 Å². The van der Waals surface area contributed by atoms with Crippen LogP contribution in [0.15, 0.2) is 59.8 Å². The minimum absolute atomic E-state index is 0.701. The third-order valence-corrected chi connectivity index (χ3v) is 1.98. The van der Waals surface area contributed by atoms with Crippen molar-refractivity contribution in [3.63, 3.8) is 0 Å². The lowest BCUT2D eigenvalue weighted by atomic mass is 10.2. The largest absolute Gasteiger partial charge is 0.236 e. The fourth-order valence-electron chi connectivity index (χ4n) is 1.31. The first kappa shape index (κ1) is 8.75. The Morgan fingerprint density at radius 1 is 1.21 bits per heavy atom. The molecule has 2 aromatic rings. The SMILES string of the molecule is C=CC[n+]1ccc(-c2ccccc2)o1. The molecule has 0 aliphatic heterocycles. The van der Waals surface area contributed by atoms with E-state index in [1.54, 1.807) is 10.8 Å². The van der Waals surface area contributed by atoms with Crippen molar-refractivity contribution in [3.8, 4) is 11.3 Å². The van der Waals surface area contributed by atoms with E-state index in [9.17, 15) is 0 Å². The number of aromatic nitrogens is 1. The first-order valence-electron chi connectivity index (χ1n) is 4.56. The van der Waals surface area contributed by atoms with Gasteiger partial charge in [0.2, 0.25) is 18.5 Å². The van der Waals surface area contributed by atoms with E-state index in [0.717, 1.165) is 11.3 Å². The highest BCUT2D eigenvalue weighted by molar-refractivity contribution is 5.55. The van der Waals surface area contributed by atoms with Gasteiger partial charge >= 0.3 is 0 Å². The van der Waals surface area contributed by atoms with Crippen molar-refractivity contribution >= 4 is 0 Å². The zero-order valence-electron chi connectivity index (χ0n) is 7.89. The molecule has 2 nitrogen and oxygen atoms in total. The molecule has 2 heteroatoms. The molecule has 1 aromatic heterocycles. The summed E-state index contributed by atoms with van der Waals surface area (Å²) in [6.07, 6.45) is 3.71. The summed E-state index contributed by atoms with van der Waals surface area (Å²) in [5.74, 6) is 0.882. The number of allylic oxidation sites excluding steroid dienone is 1. The average Bonchev–Trinajstić information content (AvgIpc) is 2.68. The van der Waals surface area contributed by atoms with Crippen LogP contribution < -0.4 is 4.74 Å². The van der Waals surface area contributed by atoms with Crippen LogP contribution in [-0.4, -0.2) is 0 Å². The number of hydrogen-bond donors (Lipinski definition) is 0. The number of benzene rings is 1. The van der Waals surface area contributed by atoms with Crippen LogP contribution >= 0.6 is 0 Å². The maximum absolute atomic E-state index is 5.56. The summed E-state index contributed by atoms with van der Waals surface area (Å²) in [4.78, 5) is 0. The van der Waals surface area contributed by atoms with Crippen molar-refractivity contribution < 1.29 is 9.26 Å². The zero-order valence-corrected chi connectivity index (χ0v) is 7.89. The highest BCUT2D eigenvalue weighted by Crippen LogP contribution is 2.16. The third kappa shape index (κ3) is 1.74. The molecule has 0 saturated heterocycles. The normalized spacial score (nSPS) is 10.0. The lowest BCUT2D eigenvalue weighted by Gasteiger charge is -1.90. The Balaban J connectivity index is 2.29. The predicted molar refractivity (Wildman–Crippen MR) is 54.5 cm³/mol. The molecule has 0 N–H and O–H groups in total. The fraction of sp³-hybridized carbons (Fsp3) is 0.0833. The van der Waals surface area contributed by atoms with E-state index in [1.165, 1.54) is 0 Å². The number of nitrogens with zero attached hydrogens (tertiary/aromatic N) is 1. The minimum atomic E-state index is 0.701. The molecule has 14 heavy (non-hydrogen) atoms. The molecule has 1 aromatic carbocycles. The van der Waals surface area contributed by atoms with Gasteiger partial charge in [0.05, 0.1) is 6.07 Å². The van der Waals surface area contributed by atoms with E-state index in [4.69, 9.17) is 4.52 Å². The van der Waals surface area contributed by atoms with Crippen molar-refractivity contribution in [2.45, 2.75) is 6.54 Å². The standard InChI is InChI=1S/C12H12NO/c1-2-9-13-10-8-12(14-13)11-6-4-3-5-7-11/h2-8,10H,1,9H2/q+1. The number of hydrogen-bond acceptors (Lipinski definition) is 1. The summed E-state index contributed by atoms with van der Waals surface area (Å²) < 4.78 is 7.30. The second kappa shape index (κ2) is 3.92. The smallest absolute Gasteiger partial charge is 0.220 e. The lowest BCUT2D eigenvalue weighted by Crippen LogP contribution is -2.28. The zero-order chi connectivity index (χ0) is 9.80. The van der Waals surface area contributed by atoms with Gasteiger partial charge in [-0.15, -0.1) is 0 Å². The van der Waals surface area contributed by atoms with Crippen LogP contribution in [0.2, 0.25) is 0 Å². The second-order valence-electron chi connectivity index (χ2n) is 3.03. The molecule has 0 saturated carbocycles. The Labute approximate surface area is 83.1 Å². The molecule has 1 heterocycles. The van der Waals surface area contributed by atoms with Gasteiger partial charge in [-0.1, -0.05) is 36.9 Å². The molecule has 70 valence electrons. The van der Waals surface area contributed by atoms with Crippen molar-refractivity contribution in [2.75, 3.05) is 0 Å². The van der Waals surface area contributed by atoms with E-state index in [2.05, 4.69) is 6.58 Å². The molecule has 0 radical (unpaired) electrons. The monoisotopic (exact) mass is 186 g/mol. The molecular weight excluding hydrogens is 174 g/mol. The van der Waals surface area contributed by atoms with Crippen molar-refractivity contribution in [1.82, 2.24) is 0 Å². The van der Waals surface area contributed by atoms with Crippen LogP contribution in [0.1, 0.15) is 0 Å². The van der Waals surface area contributed by atoms with Crippen LogP contribution in [0.25, 0.3) is 11.3 Å². The highest BCUT2D eigenvalue weighted by Gasteiger charge is 2.08. The summed E-state index contributed by atoms with van der Waals surface area (Å²) in [7, 11) is 0. The maximum Gasteiger partial charge on any atom is 0.220 e. The van der Waals surface area contributed by atoms with Gasteiger partial charge in [-0.3, -0.25) is 0 Å². The Kier molecular flexibility index (Phi) is 2.45. The quantitative estimate of drug-likeness (QED) is 0.531. The molecule has 0 bridgehead atoms. The lowest BCUT2D eigenvalue weighted by molar-refractivity contribution is -0.855. The fourth-order valence-corrected chi connectivity index (χ4v) is 1.31. The van der Waals surface area contributed by atoms with E-state index in [1.807, 2.05) is 42.6 Å². The molecule has 0 fully saturated rings. The topological polar surface area (TPSA) is 17.0 Å². The van der Waals surface area contributed by atoms with E-state index in [0.29, 0.717) is 6.54 Å². The van der Waals surface area contributed by atoms with Gasteiger partial charge in [0, 0.05) is 5.56 Å². The van der Waals surface area contributed by atoms with Crippen LogP contribution in [0, 0.1) is 0 Å². The maximum atomic E-state index is 5.56. The molecule has 0 aliphatic carbocycles. The van der Waals surface area contributed by atoms with Crippen molar-refractivity contribution in [3.05, 3.63) is 55.3 Å². The van der Waals surface area contributed by atoms with Crippen LogP contribution in [0.3, 0.4) is 0 Å². The summed E-state index contributed by atoms with van der Waals surface area (Å²) in [5.41, 5.74) is 1.09. The second-order valence-corrected chi connectivity index (χ2v) is 3.03. The Morgan fingerprint density at radius 3 is 2.71 bits per heavy atom. The Hall–Kier alpha value is -1.83. The van der Waals surface area contributed by atoms with Gasteiger partial charge < -0.3 is 0 Å². The molecule has 0 atom stereocenters. The first-order chi connectivity index (χ1) is 6.90. The van der Waals surface area contributed by atoms with E-state index in [-0.39, 0.29) is 0 Å². The van der Waals surface area contributed by atoms with Crippen LogP contribution in [0.5, 0.6) is 0 Å². The molecular formula is C12H12NO+. The molecule has 0 aliphatic rings. The predicted octanol–water partition coefficient (Wildman–Crippen LogP) is 2.42. The summed E-state index contributed by atoms with van der Waals surface area (Å²) in [6.45, 7) is 4.36. The average molecular weight is 186 g/mol. The molecule has 0 amide bonds. The van der Waals surface area contributed by atoms with Gasteiger partial charge in [-0.25, -0.2) is 4.52 Å². The van der Waals surface area contributed by atoms with Crippen LogP contribution in [0.4, 0.5) is 0 Å². The Bertz CT molecular complexity index is 417. The minimum Gasteiger partial charge on any atom is -0.236 e. The first-order valence-corrected chi connectivity index (χ1v) is 4.56. The van der Waals surface area contributed by atoms with E-state index >= 15 is 0 Å². The van der Waals surface area contributed by atoms with Crippen LogP contribution in [-0.2, 0) is 6.54 Å². The highest BCUT2D eigenvalue weighted by atomic mass is 16.5. The molecule has 0 unspecified atom stereocenters. The van der Waals surface area contributed by atoms with Gasteiger partial charge in [-0.2, -0.15) is 0 Å². The van der Waals surface area contributed by atoms with Gasteiger partial charge in [0.25, 0.3) is 0 Å². The van der Waals surface area contributed by atoms with E-state index < -0.39 is 0 Å². The molecule has 2 rings (SSSR count). The van der Waals surface area contributed by atoms with Gasteiger partial charge in [-0.05, 0) is 10.8 Å². The summed E-state index contributed by atoms with van der Waals surface area (Å²) in [6, 6.07) is 12.0. The number of rotatable bonds is 3.